The van der Waals surface area contributed by atoms with Crippen molar-refractivity contribution >= 4 is 10.1 Å². The summed E-state index contributed by atoms with van der Waals surface area (Å²) in [5.41, 5.74) is 8.34. The van der Waals surface area contributed by atoms with E-state index in [1.807, 2.05) is 0 Å². The number of ether oxygens (including phenoxy) is 3. The largest absolute Gasteiger partial charge is 0.388 e. The third-order valence-corrected chi connectivity index (χ3v) is 3.62. The van der Waals surface area contributed by atoms with E-state index >= 15 is 0 Å². The molecule has 0 aromatic rings. The molecule has 2 saturated heterocycles. The fourth-order valence-electron chi connectivity index (χ4n) is 2.33. The highest BCUT2D eigenvalue weighted by atomic mass is 32.2. The lowest BCUT2D eigenvalue weighted by Crippen LogP contribution is -2.58. The van der Waals surface area contributed by atoms with E-state index in [4.69, 9.17) is 23.9 Å². The quantitative estimate of drug-likeness (QED) is 0.329. The fourth-order valence-corrected chi connectivity index (χ4v) is 2.95. The number of nitrogens with zero attached hydrogens (tertiary/aromatic N) is 3. The molecule has 10 nitrogen and oxygen atoms in total. The van der Waals surface area contributed by atoms with Gasteiger partial charge in [0.05, 0.1) is 18.9 Å². The Bertz CT molecular complexity index is 545. The molecule has 0 aromatic carbocycles. The van der Waals surface area contributed by atoms with Crippen LogP contribution < -0.4 is 0 Å². The molecule has 0 aromatic heterocycles. The topological polar surface area (TPSA) is 140 Å². The Morgan fingerprint density at radius 1 is 1.43 bits per heavy atom. The third kappa shape index (κ3) is 3.83. The SMILES string of the molecule is CC1(C)OC2OC(CN=[N+]=[N-])C(O)C(OS(C)(=O)=O)C2O1. The zero-order valence-electron chi connectivity index (χ0n) is 11.7. The second-order valence-electron chi connectivity index (χ2n) is 5.31. The number of rotatable bonds is 4. The predicted octanol–water partition coefficient (Wildman–Crippen LogP) is -0.121. The van der Waals surface area contributed by atoms with E-state index in [1.165, 1.54) is 0 Å². The third-order valence-electron chi connectivity index (χ3n) is 3.05. The van der Waals surface area contributed by atoms with Gasteiger partial charge in [-0.1, -0.05) is 5.11 Å². The van der Waals surface area contributed by atoms with Crippen molar-refractivity contribution in [2.24, 2.45) is 5.11 Å². The van der Waals surface area contributed by atoms with Gasteiger partial charge >= 0.3 is 0 Å². The van der Waals surface area contributed by atoms with Crippen LogP contribution >= 0.6 is 0 Å². The lowest BCUT2D eigenvalue weighted by molar-refractivity contribution is -0.243. The molecule has 11 heteroatoms. The van der Waals surface area contributed by atoms with Crippen LogP contribution in [0.25, 0.3) is 10.4 Å². The molecule has 0 bridgehead atoms. The minimum atomic E-state index is -3.83. The van der Waals surface area contributed by atoms with Crippen LogP contribution in [-0.4, -0.2) is 62.8 Å². The molecule has 0 spiro atoms. The van der Waals surface area contributed by atoms with Gasteiger partial charge in [-0.25, -0.2) is 0 Å². The Kier molecular flexibility index (Phi) is 4.45. The Morgan fingerprint density at radius 2 is 2.10 bits per heavy atom. The van der Waals surface area contributed by atoms with Crippen molar-refractivity contribution in [3.8, 4) is 0 Å². The maximum atomic E-state index is 11.4. The van der Waals surface area contributed by atoms with E-state index < -0.39 is 46.6 Å². The van der Waals surface area contributed by atoms with Gasteiger partial charge in [0.2, 0.25) is 0 Å². The maximum Gasteiger partial charge on any atom is 0.264 e. The fraction of sp³-hybridized carbons (Fsp3) is 1.00. The summed E-state index contributed by atoms with van der Waals surface area (Å²) in [4.78, 5) is 2.58. The second kappa shape index (κ2) is 5.69. The summed E-state index contributed by atoms with van der Waals surface area (Å²) >= 11 is 0. The first kappa shape index (κ1) is 16.4. The van der Waals surface area contributed by atoms with Crippen molar-refractivity contribution in [2.45, 2.75) is 50.3 Å². The van der Waals surface area contributed by atoms with Gasteiger partial charge in [-0.15, -0.1) is 0 Å². The van der Waals surface area contributed by atoms with Crippen LogP contribution in [0.2, 0.25) is 0 Å². The average molecular weight is 323 g/mol. The van der Waals surface area contributed by atoms with Crippen LogP contribution in [0.4, 0.5) is 0 Å². The van der Waals surface area contributed by atoms with E-state index in [2.05, 4.69) is 10.0 Å². The summed E-state index contributed by atoms with van der Waals surface area (Å²) in [6.45, 7) is 3.07. The molecule has 2 aliphatic rings. The molecule has 0 amide bonds. The molecule has 2 fully saturated rings. The minimum Gasteiger partial charge on any atom is -0.388 e. The summed E-state index contributed by atoms with van der Waals surface area (Å²) in [6.07, 6.45) is -4.47. The summed E-state index contributed by atoms with van der Waals surface area (Å²) < 4.78 is 44.1. The van der Waals surface area contributed by atoms with Crippen molar-refractivity contribution < 1.29 is 31.9 Å². The molecule has 120 valence electrons. The number of hydrogen-bond acceptors (Lipinski definition) is 8. The van der Waals surface area contributed by atoms with E-state index in [0.29, 0.717) is 0 Å². The van der Waals surface area contributed by atoms with E-state index in [-0.39, 0.29) is 6.54 Å². The van der Waals surface area contributed by atoms with Gasteiger partial charge < -0.3 is 19.3 Å². The van der Waals surface area contributed by atoms with Gasteiger partial charge in [0, 0.05) is 4.91 Å². The number of hydrogen-bond donors (Lipinski definition) is 1. The number of aliphatic hydroxyl groups is 1. The van der Waals surface area contributed by atoms with Crippen LogP contribution in [0.3, 0.4) is 0 Å². The molecule has 0 aliphatic carbocycles. The molecule has 2 aliphatic heterocycles. The van der Waals surface area contributed by atoms with Gasteiger partial charge in [-0.3, -0.25) is 4.18 Å². The van der Waals surface area contributed by atoms with Gasteiger partial charge in [-0.05, 0) is 19.4 Å². The number of fused-ring (bicyclic) bond motifs is 1. The maximum absolute atomic E-state index is 11.4. The standard InChI is InChI=1S/C10H17N3O7S/c1-10(2)18-8-7(20-21(3,15)16)6(14)5(4-12-13-11)17-9(8)19-10/h5-9,14H,4H2,1-3H3. The zero-order valence-corrected chi connectivity index (χ0v) is 12.6. The van der Waals surface area contributed by atoms with Crippen molar-refractivity contribution in [3.05, 3.63) is 10.4 Å². The van der Waals surface area contributed by atoms with Gasteiger partial charge in [0.25, 0.3) is 10.1 Å². The van der Waals surface area contributed by atoms with Gasteiger partial charge in [0.1, 0.15) is 18.3 Å². The van der Waals surface area contributed by atoms with Crippen LogP contribution in [0, 0.1) is 0 Å². The smallest absolute Gasteiger partial charge is 0.264 e. The molecule has 5 unspecified atom stereocenters. The highest BCUT2D eigenvalue weighted by Gasteiger charge is 2.55. The first-order valence-electron chi connectivity index (χ1n) is 6.21. The van der Waals surface area contributed by atoms with Crippen LogP contribution in [0.1, 0.15) is 13.8 Å². The normalized spacial score (nSPS) is 38.6. The van der Waals surface area contributed by atoms with Crippen LogP contribution in [0.5, 0.6) is 0 Å². The first-order chi connectivity index (χ1) is 9.63. The Balaban J connectivity index is 2.26. The highest BCUT2D eigenvalue weighted by Crippen LogP contribution is 2.37. The summed E-state index contributed by atoms with van der Waals surface area (Å²) in [6, 6.07) is 0. The zero-order chi connectivity index (χ0) is 15.8. The molecular formula is C10H17N3O7S. The van der Waals surface area contributed by atoms with E-state index in [9.17, 15) is 13.5 Å². The van der Waals surface area contributed by atoms with Crippen molar-refractivity contribution in [2.75, 3.05) is 12.8 Å². The average Bonchev–Trinajstić information content (AvgIpc) is 2.64. The van der Waals surface area contributed by atoms with Crippen molar-refractivity contribution in [3.63, 3.8) is 0 Å². The number of azide groups is 1. The predicted molar refractivity (Wildman–Crippen MR) is 68.4 cm³/mol. The number of aliphatic hydroxyl groups excluding tert-OH is 1. The molecule has 21 heavy (non-hydrogen) atoms. The summed E-state index contributed by atoms with van der Waals surface area (Å²) in [5, 5.41) is 13.5. The van der Waals surface area contributed by atoms with Crippen LogP contribution in [-0.2, 0) is 28.5 Å². The first-order valence-corrected chi connectivity index (χ1v) is 8.03. The minimum absolute atomic E-state index is 0.186. The summed E-state index contributed by atoms with van der Waals surface area (Å²) in [7, 11) is -3.83. The molecule has 0 saturated carbocycles. The lowest BCUT2D eigenvalue weighted by atomic mass is 9.99. The molecule has 0 radical (unpaired) electrons. The van der Waals surface area contributed by atoms with Crippen LogP contribution in [0.15, 0.2) is 5.11 Å². The lowest BCUT2D eigenvalue weighted by Gasteiger charge is -2.38. The monoisotopic (exact) mass is 323 g/mol. The highest BCUT2D eigenvalue weighted by molar-refractivity contribution is 7.86. The van der Waals surface area contributed by atoms with Gasteiger partial charge in [-0.2, -0.15) is 8.42 Å². The molecule has 1 N–H and O–H groups in total. The Labute approximate surface area is 121 Å². The van der Waals surface area contributed by atoms with E-state index in [1.54, 1.807) is 13.8 Å². The Morgan fingerprint density at radius 3 is 2.67 bits per heavy atom. The van der Waals surface area contributed by atoms with Crippen molar-refractivity contribution in [1.29, 1.82) is 0 Å². The van der Waals surface area contributed by atoms with Gasteiger partial charge in [0.15, 0.2) is 12.1 Å². The molecule has 5 atom stereocenters. The molecule has 2 rings (SSSR count). The Hall–Kier alpha value is -0.940. The van der Waals surface area contributed by atoms with Crippen molar-refractivity contribution in [1.82, 2.24) is 0 Å². The second-order valence-corrected chi connectivity index (χ2v) is 6.91. The molecule has 2 heterocycles. The van der Waals surface area contributed by atoms with E-state index in [0.717, 1.165) is 6.26 Å². The summed E-state index contributed by atoms with van der Waals surface area (Å²) in [5.74, 6) is -1.01. The molecular weight excluding hydrogens is 306 g/mol.